The van der Waals surface area contributed by atoms with Gasteiger partial charge in [-0.25, -0.2) is 0 Å². The van der Waals surface area contributed by atoms with Crippen LogP contribution in [0.2, 0.25) is 0 Å². The third kappa shape index (κ3) is 1.66. The van der Waals surface area contributed by atoms with E-state index in [2.05, 4.69) is 25.3 Å². The van der Waals surface area contributed by atoms with Crippen LogP contribution in [-0.4, -0.2) is 17.0 Å². The first kappa shape index (κ1) is 12.2. The molecule has 0 aromatic rings. The summed E-state index contributed by atoms with van der Waals surface area (Å²) in [4.78, 5) is 2.70. The summed E-state index contributed by atoms with van der Waals surface area (Å²) in [7, 11) is 0. The molecule has 3 rings (SSSR count). The molecular weight excluding hydrogens is 244 g/mol. The Morgan fingerprint density at radius 2 is 1.93 bits per heavy atom. The Hall–Kier alpha value is 1.77. The van der Waals surface area contributed by atoms with Crippen LogP contribution in [0.3, 0.4) is 0 Å². The quantitative estimate of drug-likeness (QED) is 0.594. The first-order valence-electron chi connectivity index (χ1n) is 5.77. The molecule has 2 saturated heterocycles. The van der Waals surface area contributed by atoms with Crippen LogP contribution in [0.4, 0.5) is 0 Å². The van der Waals surface area contributed by atoms with Crippen molar-refractivity contribution in [3.63, 3.8) is 0 Å². The molecule has 74 valence electrons. The summed E-state index contributed by atoms with van der Waals surface area (Å²) in [6.07, 6.45) is 7.26. The number of hydrogen-bond donors (Lipinski definition) is 0. The van der Waals surface area contributed by atoms with Gasteiger partial charge in [-0.2, -0.15) is 6.42 Å². The first-order chi connectivity index (χ1) is 6.17. The van der Waals surface area contributed by atoms with Gasteiger partial charge < -0.3 is 4.90 Å². The summed E-state index contributed by atoms with van der Waals surface area (Å²) >= 11 is 0. The summed E-state index contributed by atoms with van der Waals surface area (Å²) in [6.45, 7) is 8.68. The van der Waals surface area contributed by atoms with E-state index in [9.17, 15) is 0 Å². The van der Waals surface area contributed by atoms with Crippen LogP contribution in [0.15, 0.2) is 0 Å². The fraction of sp³-hybridized carbons (Fsp3) is 0.917. The maximum absolute atomic E-state index is 2.70. The fourth-order valence-electron chi connectivity index (χ4n) is 3.61. The average Bonchev–Trinajstić information content (AvgIpc) is 2.50. The fourth-order valence-corrected chi connectivity index (χ4v) is 3.61. The Kier molecular flexibility index (Phi) is 3.41. The van der Waals surface area contributed by atoms with Gasteiger partial charge in [0.15, 0.2) is 0 Å². The number of rotatable bonds is 1. The van der Waals surface area contributed by atoms with Crippen molar-refractivity contribution in [2.45, 2.75) is 51.5 Å². The van der Waals surface area contributed by atoms with E-state index >= 15 is 0 Å². The molecule has 0 bridgehead atoms. The van der Waals surface area contributed by atoms with Gasteiger partial charge >= 0.3 is 58.2 Å². The van der Waals surface area contributed by atoms with Crippen molar-refractivity contribution in [1.82, 2.24) is 4.90 Å². The minimum absolute atomic E-state index is 0. The van der Waals surface area contributed by atoms with Crippen LogP contribution in [0.1, 0.15) is 46.0 Å². The van der Waals surface area contributed by atoms with E-state index in [1.165, 1.54) is 38.6 Å². The van der Waals surface area contributed by atoms with E-state index < -0.39 is 0 Å². The van der Waals surface area contributed by atoms with Gasteiger partial charge in [0.05, 0.1) is 0 Å². The summed E-state index contributed by atoms with van der Waals surface area (Å²) < 4.78 is 0. The van der Waals surface area contributed by atoms with Crippen molar-refractivity contribution < 1.29 is 58.2 Å². The van der Waals surface area contributed by atoms with Crippen molar-refractivity contribution in [2.75, 3.05) is 6.54 Å². The molecule has 1 nitrogen and oxygen atoms in total. The topological polar surface area (TPSA) is 3.24 Å². The molecule has 0 radical (unpaired) electrons. The van der Waals surface area contributed by atoms with Crippen LogP contribution in [0.25, 0.3) is 0 Å². The summed E-state index contributed by atoms with van der Waals surface area (Å²) in [6, 6.07) is 0. The monoisotopic (exact) mass is 263 g/mol. The summed E-state index contributed by atoms with van der Waals surface area (Å²) in [5, 5.41) is 0. The second-order valence-electron chi connectivity index (χ2n) is 5.78. The zero-order valence-electron chi connectivity index (χ0n) is 9.84. The Balaban J connectivity index is 0.000000750. The van der Waals surface area contributed by atoms with E-state index in [-0.39, 0.29) is 58.2 Å². The van der Waals surface area contributed by atoms with Gasteiger partial charge in [-0.15, -0.1) is 0 Å². The number of fused-ring (bicyclic) bond motifs is 1. The maximum Gasteiger partial charge on any atom is 1.00 e. The molecule has 2 heterocycles. The van der Waals surface area contributed by atoms with E-state index in [1.807, 2.05) is 0 Å². The van der Waals surface area contributed by atoms with Gasteiger partial charge in [-0.3, -0.25) is 6.54 Å². The maximum atomic E-state index is 2.70. The second kappa shape index (κ2) is 3.91. The molecule has 0 N–H and O–H groups in total. The smallest absolute Gasteiger partial charge is 0.451 e. The van der Waals surface area contributed by atoms with Crippen LogP contribution in [-0.2, 0) is 0 Å². The van der Waals surface area contributed by atoms with Crippen LogP contribution in [0, 0.1) is 17.9 Å². The Bertz CT molecular complexity index is 234. The largest absolute Gasteiger partial charge is 1.00 e. The molecule has 1 unspecified atom stereocenters. The van der Waals surface area contributed by atoms with Gasteiger partial charge in [0.2, 0.25) is 0 Å². The Morgan fingerprint density at radius 3 is 2.43 bits per heavy atom. The SMILES string of the molecule is CC(C)C12CC[CH-]N1CC1(CC1)C2.[Rb+]. The van der Waals surface area contributed by atoms with Gasteiger partial charge in [-0.05, 0) is 42.7 Å². The first-order valence-corrected chi connectivity index (χ1v) is 5.77. The molecule has 3 fully saturated rings. The molecule has 1 spiro atoms. The number of nitrogens with zero attached hydrogens (tertiary/aromatic N) is 1. The molecule has 2 aliphatic heterocycles. The van der Waals surface area contributed by atoms with Crippen molar-refractivity contribution in [1.29, 1.82) is 0 Å². The van der Waals surface area contributed by atoms with E-state index in [0.29, 0.717) is 5.54 Å². The van der Waals surface area contributed by atoms with Gasteiger partial charge in [0.1, 0.15) is 0 Å². The van der Waals surface area contributed by atoms with E-state index in [1.54, 1.807) is 0 Å². The molecule has 1 aliphatic carbocycles. The van der Waals surface area contributed by atoms with Crippen molar-refractivity contribution >= 4 is 0 Å². The van der Waals surface area contributed by atoms with Gasteiger partial charge in [0.25, 0.3) is 0 Å². The Labute approximate surface area is 137 Å². The molecule has 2 heteroatoms. The summed E-state index contributed by atoms with van der Waals surface area (Å²) in [5.74, 6) is 0.839. The minimum Gasteiger partial charge on any atom is -0.451 e. The molecule has 1 atom stereocenters. The van der Waals surface area contributed by atoms with Crippen LogP contribution in [0.5, 0.6) is 0 Å². The third-order valence-corrected chi connectivity index (χ3v) is 4.72. The molecular formula is C12H20NRb. The van der Waals surface area contributed by atoms with Crippen LogP contribution >= 0.6 is 0 Å². The summed E-state index contributed by atoms with van der Waals surface area (Å²) in [5.41, 5.74) is 1.36. The zero-order valence-corrected chi connectivity index (χ0v) is 14.8. The Morgan fingerprint density at radius 1 is 1.21 bits per heavy atom. The molecule has 0 aromatic carbocycles. The van der Waals surface area contributed by atoms with E-state index in [0.717, 1.165) is 11.3 Å². The minimum atomic E-state index is 0. The standard InChI is InChI=1S/C12H20N.Rb/c1-10(2)12-4-3-7-13(12)9-11(8-12)5-6-11;/h7,10H,3-6,8-9H2,1-2H3;/q-1;+1. The molecule has 1 saturated carbocycles. The van der Waals surface area contributed by atoms with Crippen LogP contribution < -0.4 is 58.2 Å². The third-order valence-electron chi connectivity index (χ3n) is 4.72. The average molecular weight is 264 g/mol. The molecule has 0 aromatic heterocycles. The van der Waals surface area contributed by atoms with Gasteiger partial charge in [0, 0.05) is 0 Å². The van der Waals surface area contributed by atoms with Crippen molar-refractivity contribution in [2.24, 2.45) is 11.3 Å². The van der Waals surface area contributed by atoms with Crippen molar-refractivity contribution in [3.05, 3.63) is 6.54 Å². The van der Waals surface area contributed by atoms with Gasteiger partial charge in [-0.1, -0.05) is 20.3 Å². The number of hydrogen-bond acceptors (Lipinski definition) is 1. The van der Waals surface area contributed by atoms with Crippen molar-refractivity contribution in [3.8, 4) is 0 Å². The predicted molar refractivity (Wildman–Crippen MR) is 54.1 cm³/mol. The molecule has 0 amide bonds. The normalized spacial score (nSPS) is 38.8. The predicted octanol–water partition coefficient (Wildman–Crippen LogP) is -0.173. The van der Waals surface area contributed by atoms with E-state index in [4.69, 9.17) is 0 Å². The second-order valence-corrected chi connectivity index (χ2v) is 5.78. The molecule has 14 heavy (non-hydrogen) atoms. The zero-order chi connectivity index (χ0) is 9.10. The molecule has 3 aliphatic rings.